The van der Waals surface area contributed by atoms with Crippen molar-refractivity contribution in [1.29, 1.82) is 0 Å². The van der Waals surface area contributed by atoms with Crippen LogP contribution in [0.15, 0.2) is 11.4 Å². The zero-order chi connectivity index (χ0) is 16.7. The lowest BCUT2D eigenvalue weighted by molar-refractivity contribution is -0.117. The number of hydrogen-bond donors (Lipinski definition) is 0. The van der Waals surface area contributed by atoms with Gasteiger partial charge in [-0.3, -0.25) is 9.59 Å². The average molecular weight is 347 g/mol. The van der Waals surface area contributed by atoms with Crippen LogP contribution in [-0.2, 0) is 15.0 Å². The quantitative estimate of drug-likeness (QED) is 0.620. The lowest BCUT2D eigenvalue weighted by Crippen LogP contribution is -2.28. The van der Waals surface area contributed by atoms with Gasteiger partial charge in [-0.2, -0.15) is 8.42 Å². The van der Waals surface area contributed by atoms with Crippen molar-refractivity contribution in [1.82, 2.24) is 0 Å². The molecule has 0 aliphatic carbocycles. The molecule has 0 aromatic carbocycles. The molecule has 1 amide bonds. The summed E-state index contributed by atoms with van der Waals surface area (Å²) in [5.41, 5.74) is -0.130. The minimum atomic E-state index is -4.62. The zero-order valence-corrected chi connectivity index (χ0v) is 14.3. The predicted octanol–water partition coefficient (Wildman–Crippen LogP) is 2.63. The first kappa shape index (κ1) is 17.1. The van der Waals surface area contributed by atoms with Gasteiger partial charge < -0.3 is 4.90 Å². The molecule has 2 heterocycles. The fourth-order valence-corrected chi connectivity index (χ4v) is 4.17. The highest BCUT2D eigenvalue weighted by molar-refractivity contribution is 7.86. The van der Waals surface area contributed by atoms with Crippen LogP contribution in [-0.4, -0.2) is 32.4 Å². The number of carbonyl (C=O) groups is 2. The number of thiophene rings is 1. The van der Waals surface area contributed by atoms with E-state index in [0.717, 1.165) is 0 Å². The van der Waals surface area contributed by atoms with Crippen LogP contribution in [0, 0.1) is 11.3 Å². The Morgan fingerprint density at radius 1 is 1.45 bits per heavy atom. The Kier molecular flexibility index (Phi) is 4.45. The number of nitrogens with zero attached hydrogens (tertiary/aromatic N) is 1. The first-order valence-corrected chi connectivity index (χ1v) is 9.27. The van der Waals surface area contributed by atoms with Crippen molar-refractivity contribution < 1.29 is 21.9 Å². The predicted molar refractivity (Wildman–Crippen MR) is 83.5 cm³/mol. The lowest BCUT2D eigenvalue weighted by Gasteiger charge is -2.20. The van der Waals surface area contributed by atoms with Crippen molar-refractivity contribution in [2.24, 2.45) is 11.3 Å². The molecule has 0 N–H and O–H groups in total. The number of hydrogen-bond acceptors (Lipinski definition) is 5. The molecule has 0 bridgehead atoms. The SMILES string of the molecule is CC(C)(C)C(=O)c1ccsc1N1CC(CS(=O)(=O)F)CC1=O. The van der Waals surface area contributed by atoms with Gasteiger partial charge in [0.1, 0.15) is 5.00 Å². The van der Waals surface area contributed by atoms with Crippen molar-refractivity contribution in [2.75, 3.05) is 17.2 Å². The highest BCUT2D eigenvalue weighted by Crippen LogP contribution is 2.36. The molecule has 1 unspecified atom stereocenters. The van der Waals surface area contributed by atoms with Crippen LogP contribution in [0.1, 0.15) is 37.6 Å². The number of Topliss-reactive ketones (excluding diaryl/α,β-unsaturated/α-hetero) is 1. The van der Waals surface area contributed by atoms with E-state index in [1.807, 2.05) is 0 Å². The van der Waals surface area contributed by atoms with Crippen molar-refractivity contribution in [3.05, 3.63) is 17.0 Å². The highest BCUT2D eigenvalue weighted by atomic mass is 32.3. The van der Waals surface area contributed by atoms with E-state index in [0.29, 0.717) is 10.6 Å². The molecule has 5 nitrogen and oxygen atoms in total. The van der Waals surface area contributed by atoms with Crippen LogP contribution < -0.4 is 4.90 Å². The number of amides is 1. The second-order valence-corrected chi connectivity index (χ2v) is 8.80. The van der Waals surface area contributed by atoms with Gasteiger partial charge in [0.2, 0.25) is 5.91 Å². The second kappa shape index (κ2) is 5.73. The van der Waals surface area contributed by atoms with E-state index < -0.39 is 27.3 Å². The topological polar surface area (TPSA) is 71.5 Å². The standard InChI is InChI=1S/C14H18FNO4S2/c1-14(2,3)12(18)10-4-5-21-13(10)16-7-9(6-11(16)17)8-22(15,19)20/h4-5,9H,6-8H2,1-3H3. The minimum absolute atomic E-state index is 0.0236. The van der Waals surface area contributed by atoms with Crippen LogP contribution in [0.4, 0.5) is 8.89 Å². The van der Waals surface area contributed by atoms with Gasteiger partial charge in [0.15, 0.2) is 5.78 Å². The van der Waals surface area contributed by atoms with Gasteiger partial charge in [0, 0.05) is 24.3 Å². The van der Waals surface area contributed by atoms with Gasteiger partial charge >= 0.3 is 10.2 Å². The molecule has 0 radical (unpaired) electrons. The van der Waals surface area contributed by atoms with Crippen molar-refractivity contribution in [3.8, 4) is 0 Å². The van der Waals surface area contributed by atoms with Gasteiger partial charge in [-0.15, -0.1) is 15.2 Å². The molecule has 22 heavy (non-hydrogen) atoms. The van der Waals surface area contributed by atoms with E-state index in [1.54, 1.807) is 32.2 Å². The van der Waals surface area contributed by atoms with Crippen molar-refractivity contribution >= 4 is 38.3 Å². The van der Waals surface area contributed by atoms with E-state index >= 15 is 0 Å². The lowest BCUT2D eigenvalue weighted by atomic mass is 9.87. The number of carbonyl (C=O) groups excluding carboxylic acids is 2. The number of rotatable bonds is 4. The summed E-state index contributed by atoms with van der Waals surface area (Å²) in [6, 6.07) is 1.67. The molecule has 1 saturated heterocycles. The van der Waals surface area contributed by atoms with Gasteiger partial charge in [-0.05, 0) is 11.4 Å². The molecular formula is C14H18FNO4S2. The van der Waals surface area contributed by atoms with E-state index in [1.165, 1.54) is 16.2 Å². The van der Waals surface area contributed by atoms with E-state index in [2.05, 4.69) is 0 Å². The van der Waals surface area contributed by atoms with Crippen LogP contribution in [0.3, 0.4) is 0 Å². The number of ketones is 1. The second-order valence-electron chi connectivity index (χ2n) is 6.50. The summed E-state index contributed by atoms with van der Waals surface area (Å²) in [7, 11) is -4.62. The molecule has 1 aromatic heterocycles. The van der Waals surface area contributed by atoms with E-state index in [9.17, 15) is 21.9 Å². The maximum Gasteiger partial charge on any atom is 0.302 e. The van der Waals surface area contributed by atoms with Crippen LogP contribution in [0.2, 0.25) is 0 Å². The monoisotopic (exact) mass is 347 g/mol. The number of halogens is 1. The number of anilines is 1. The molecule has 1 aliphatic heterocycles. The minimum Gasteiger partial charge on any atom is -0.303 e. The first-order valence-electron chi connectivity index (χ1n) is 6.84. The molecule has 1 aromatic rings. The molecule has 8 heteroatoms. The van der Waals surface area contributed by atoms with Gasteiger partial charge in [-0.1, -0.05) is 20.8 Å². The molecular weight excluding hydrogens is 329 g/mol. The maximum absolute atomic E-state index is 12.8. The Morgan fingerprint density at radius 2 is 2.09 bits per heavy atom. The summed E-state index contributed by atoms with van der Waals surface area (Å²) in [5.74, 6) is -1.61. The van der Waals surface area contributed by atoms with Crippen molar-refractivity contribution in [3.63, 3.8) is 0 Å². The van der Waals surface area contributed by atoms with Crippen LogP contribution in [0.25, 0.3) is 0 Å². The van der Waals surface area contributed by atoms with Crippen molar-refractivity contribution in [2.45, 2.75) is 27.2 Å². The third-order valence-electron chi connectivity index (χ3n) is 3.46. The third kappa shape index (κ3) is 3.73. The van der Waals surface area contributed by atoms with Gasteiger partial charge in [0.05, 0.1) is 11.3 Å². The summed E-state index contributed by atoms with van der Waals surface area (Å²) >= 11 is 1.26. The third-order valence-corrected chi connectivity index (χ3v) is 5.26. The smallest absolute Gasteiger partial charge is 0.302 e. The normalized spacial score (nSPS) is 19.7. The van der Waals surface area contributed by atoms with Crippen LogP contribution in [0.5, 0.6) is 0 Å². The molecule has 1 atom stereocenters. The molecule has 0 spiro atoms. The first-order chi connectivity index (χ1) is 9.99. The molecule has 2 rings (SSSR count). The van der Waals surface area contributed by atoms with Gasteiger partial charge in [0.25, 0.3) is 0 Å². The summed E-state index contributed by atoms with van der Waals surface area (Å²) in [6.07, 6.45) is -0.0236. The Balaban J connectivity index is 2.25. The highest BCUT2D eigenvalue weighted by Gasteiger charge is 2.37. The summed E-state index contributed by atoms with van der Waals surface area (Å²) in [4.78, 5) is 25.9. The summed E-state index contributed by atoms with van der Waals surface area (Å²) < 4.78 is 34.3. The molecule has 0 saturated carbocycles. The Hall–Kier alpha value is -1.28. The fraction of sp³-hybridized carbons (Fsp3) is 0.571. The molecule has 1 aliphatic rings. The van der Waals surface area contributed by atoms with E-state index in [4.69, 9.17) is 0 Å². The van der Waals surface area contributed by atoms with Gasteiger partial charge in [-0.25, -0.2) is 0 Å². The fourth-order valence-electron chi connectivity index (χ4n) is 2.46. The Morgan fingerprint density at radius 3 is 2.64 bits per heavy atom. The largest absolute Gasteiger partial charge is 0.303 e. The Labute approximate surface area is 133 Å². The zero-order valence-electron chi connectivity index (χ0n) is 12.6. The summed E-state index contributed by atoms with van der Waals surface area (Å²) in [5, 5.41) is 2.24. The summed E-state index contributed by atoms with van der Waals surface area (Å²) in [6.45, 7) is 5.50. The van der Waals surface area contributed by atoms with E-state index in [-0.39, 0.29) is 24.7 Å². The van der Waals surface area contributed by atoms with Crippen LogP contribution >= 0.6 is 11.3 Å². The molecule has 122 valence electrons. The average Bonchev–Trinajstić information content (AvgIpc) is 2.91. The maximum atomic E-state index is 12.8. The molecule has 1 fully saturated rings. The Bertz CT molecular complexity index is 703.